The molecule has 0 radical (unpaired) electrons. The molecule has 1 N–H and O–H groups in total. The van der Waals surface area contributed by atoms with Gasteiger partial charge in [-0.05, 0) is 50.5 Å². The van der Waals surface area contributed by atoms with Gasteiger partial charge in [-0.1, -0.05) is 0 Å². The summed E-state index contributed by atoms with van der Waals surface area (Å²) in [5, 5.41) is 14.4. The zero-order valence-corrected chi connectivity index (χ0v) is 14.5. The van der Waals surface area contributed by atoms with Crippen molar-refractivity contribution in [2.24, 2.45) is 0 Å². The van der Waals surface area contributed by atoms with E-state index in [9.17, 15) is 23.3 Å². The van der Waals surface area contributed by atoms with Crippen molar-refractivity contribution in [1.82, 2.24) is 9.97 Å². The zero-order valence-electron chi connectivity index (χ0n) is 14.5. The van der Waals surface area contributed by atoms with Crippen LogP contribution in [0.3, 0.4) is 0 Å². The van der Waals surface area contributed by atoms with Crippen LogP contribution < -0.4 is 10.2 Å². The van der Waals surface area contributed by atoms with Crippen LogP contribution in [0.1, 0.15) is 31.7 Å². The highest BCUT2D eigenvalue weighted by Gasteiger charge is 2.32. The Morgan fingerprint density at radius 2 is 1.93 bits per heavy atom. The molecule has 0 saturated carbocycles. The van der Waals surface area contributed by atoms with E-state index in [0.29, 0.717) is 6.54 Å². The largest absolute Gasteiger partial charge is 0.416 e. The maximum Gasteiger partial charge on any atom is 0.416 e. The van der Waals surface area contributed by atoms with E-state index < -0.39 is 16.7 Å². The van der Waals surface area contributed by atoms with Gasteiger partial charge in [0, 0.05) is 18.3 Å². The highest BCUT2D eigenvalue weighted by molar-refractivity contribution is 5.74. The van der Waals surface area contributed by atoms with Gasteiger partial charge >= 0.3 is 11.9 Å². The van der Waals surface area contributed by atoms with E-state index in [-0.39, 0.29) is 29.1 Å². The molecule has 1 aliphatic rings. The highest BCUT2D eigenvalue weighted by Crippen LogP contribution is 2.37. The fourth-order valence-electron chi connectivity index (χ4n) is 3.13. The van der Waals surface area contributed by atoms with Crippen LogP contribution >= 0.6 is 0 Å². The molecular formula is C17H18F3N5O2. The monoisotopic (exact) mass is 381 g/mol. The second-order valence-electron chi connectivity index (χ2n) is 6.39. The number of nitrogens with zero attached hydrogens (tertiary/aromatic N) is 4. The molecule has 1 saturated heterocycles. The number of piperidine rings is 1. The van der Waals surface area contributed by atoms with Crippen molar-refractivity contribution in [3.8, 4) is 0 Å². The minimum atomic E-state index is -4.45. The van der Waals surface area contributed by atoms with E-state index in [2.05, 4.69) is 15.3 Å². The summed E-state index contributed by atoms with van der Waals surface area (Å²) in [5.74, 6) is 0.166. The summed E-state index contributed by atoms with van der Waals surface area (Å²) in [5.41, 5.74) is -0.818. The first-order chi connectivity index (χ1) is 12.8. The molecule has 27 heavy (non-hydrogen) atoms. The third-order valence-corrected chi connectivity index (χ3v) is 4.54. The summed E-state index contributed by atoms with van der Waals surface area (Å²) in [6.45, 7) is 2.63. The minimum absolute atomic E-state index is 0.0532. The first-order valence-corrected chi connectivity index (χ1v) is 8.47. The first-order valence-electron chi connectivity index (χ1n) is 8.47. The smallest absolute Gasteiger partial charge is 0.348 e. The topological polar surface area (TPSA) is 84.2 Å². The van der Waals surface area contributed by atoms with Crippen molar-refractivity contribution >= 4 is 23.0 Å². The number of anilines is 3. The van der Waals surface area contributed by atoms with Crippen LogP contribution in [0.25, 0.3) is 0 Å². The van der Waals surface area contributed by atoms with Gasteiger partial charge in [0.15, 0.2) is 0 Å². The van der Waals surface area contributed by atoms with Gasteiger partial charge in [0.1, 0.15) is 6.33 Å². The normalized spacial score (nSPS) is 17.6. The van der Waals surface area contributed by atoms with Gasteiger partial charge in [0.2, 0.25) is 11.6 Å². The third kappa shape index (κ3) is 4.09. The molecule has 1 fully saturated rings. The first kappa shape index (κ1) is 18.9. The molecule has 0 spiro atoms. The average Bonchev–Trinajstić information content (AvgIpc) is 2.61. The lowest BCUT2D eigenvalue weighted by molar-refractivity contribution is -0.383. The van der Waals surface area contributed by atoms with E-state index in [4.69, 9.17) is 0 Å². The lowest BCUT2D eigenvalue weighted by Gasteiger charge is -2.33. The predicted molar refractivity (Wildman–Crippen MR) is 94.1 cm³/mol. The minimum Gasteiger partial charge on any atom is -0.348 e. The molecule has 0 aliphatic carbocycles. The maximum absolute atomic E-state index is 12.7. The van der Waals surface area contributed by atoms with Gasteiger partial charge in [-0.3, -0.25) is 10.1 Å². The molecule has 2 aromatic rings. The van der Waals surface area contributed by atoms with Gasteiger partial charge in [-0.15, -0.1) is 0 Å². The van der Waals surface area contributed by atoms with E-state index in [1.165, 1.54) is 18.5 Å². The van der Waals surface area contributed by atoms with Gasteiger partial charge in [-0.25, -0.2) is 9.97 Å². The molecular weight excluding hydrogens is 363 g/mol. The van der Waals surface area contributed by atoms with Crippen molar-refractivity contribution in [1.29, 1.82) is 0 Å². The fraction of sp³-hybridized carbons (Fsp3) is 0.412. The molecule has 3 rings (SSSR count). The van der Waals surface area contributed by atoms with Crippen LogP contribution in [0.4, 0.5) is 36.2 Å². The van der Waals surface area contributed by atoms with Crippen LogP contribution in [0.2, 0.25) is 0 Å². The van der Waals surface area contributed by atoms with Gasteiger partial charge in [0.05, 0.1) is 10.5 Å². The molecule has 1 aromatic carbocycles. The molecule has 10 heteroatoms. The predicted octanol–water partition coefficient (Wildman–Crippen LogP) is 4.53. The molecule has 1 aliphatic heterocycles. The molecule has 1 aromatic heterocycles. The van der Waals surface area contributed by atoms with Gasteiger partial charge < -0.3 is 10.2 Å². The fourth-order valence-corrected chi connectivity index (χ4v) is 3.13. The summed E-state index contributed by atoms with van der Waals surface area (Å²) >= 11 is 0. The Bertz CT molecular complexity index is 826. The molecule has 0 amide bonds. The summed E-state index contributed by atoms with van der Waals surface area (Å²) in [4.78, 5) is 21.0. The van der Waals surface area contributed by atoms with Crippen molar-refractivity contribution in [2.45, 2.75) is 38.4 Å². The number of rotatable bonds is 4. The van der Waals surface area contributed by atoms with E-state index in [0.717, 1.165) is 31.4 Å². The van der Waals surface area contributed by atoms with Crippen LogP contribution in [0, 0.1) is 10.1 Å². The number of halogens is 3. The maximum atomic E-state index is 12.7. The molecule has 7 nitrogen and oxygen atoms in total. The number of aromatic nitrogens is 2. The Balaban J connectivity index is 1.93. The summed E-state index contributed by atoms with van der Waals surface area (Å²) < 4.78 is 38.0. The third-order valence-electron chi connectivity index (χ3n) is 4.54. The average molecular weight is 381 g/mol. The van der Waals surface area contributed by atoms with Crippen molar-refractivity contribution in [2.75, 3.05) is 16.8 Å². The lowest BCUT2D eigenvalue weighted by Crippen LogP contribution is -2.38. The summed E-state index contributed by atoms with van der Waals surface area (Å²) in [6, 6.07) is 4.33. The second-order valence-corrected chi connectivity index (χ2v) is 6.39. The Labute approximate surface area is 153 Å². The Morgan fingerprint density at radius 3 is 2.52 bits per heavy atom. The molecule has 144 valence electrons. The number of hydrogen-bond acceptors (Lipinski definition) is 6. The molecule has 2 heterocycles. The number of hydrogen-bond donors (Lipinski definition) is 1. The number of benzene rings is 1. The standard InChI is InChI=1S/C17H18F3N5O2/c1-11-4-2-3-9-24(11)16-14(25(26)27)15(21-10-22-16)23-13-7-5-12(6-8-13)17(18,19)20/h5-8,10-11H,2-4,9H2,1H3,(H,21,22,23). The quantitative estimate of drug-likeness (QED) is 0.619. The van der Waals surface area contributed by atoms with Crippen molar-refractivity contribution in [3.05, 3.63) is 46.3 Å². The SMILES string of the molecule is CC1CCCCN1c1ncnc(Nc2ccc(C(F)(F)F)cc2)c1[N+](=O)[O-]. The number of alkyl halides is 3. The van der Waals surface area contributed by atoms with Crippen LogP contribution in [0.5, 0.6) is 0 Å². The molecule has 0 bridgehead atoms. The lowest BCUT2D eigenvalue weighted by atomic mass is 10.0. The number of nitro groups is 1. The summed E-state index contributed by atoms with van der Waals surface area (Å²) in [7, 11) is 0. The van der Waals surface area contributed by atoms with Crippen LogP contribution in [-0.4, -0.2) is 27.5 Å². The highest BCUT2D eigenvalue weighted by atomic mass is 19.4. The number of nitrogens with one attached hydrogen (secondary N) is 1. The van der Waals surface area contributed by atoms with E-state index in [1.54, 1.807) is 0 Å². The molecule has 1 atom stereocenters. The molecule has 1 unspecified atom stereocenters. The second kappa shape index (κ2) is 7.37. The van der Waals surface area contributed by atoms with E-state index >= 15 is 0 Å². The van der Waals surface area contributed by atoms with Crippen LogP contribution in [-0.2, 0) is 6.18 Å². The van der Waals surface area contributed by atoms with E-state index in [1.807, 2.05) is 11.8 Å². The Hall–Kier alpha value is -2.91. The van der Waals surface area contributed by atoms with Crippen LogP contribution in [0.15, 0.2) is 30.6 Å². The zero-order chi connectivity index (χ0) is 19.6. The van der Waals surface area contributed by atoms with Gasteiger partial charge in [-0.2, -0.15) is 13.2 Å². The summed E-state index contributed by atoms with van der Waals surface area (Å²) in [6.07, 6.45) is -0.365. The van der Waals surface area contributed by atoms with Crippen molar-refractivity contribution in [3.63, 3.8) is 0 Å². The van der Waals surface area contributed by atoms with Crippen molar-refractivity contribution < 1.29 is 18.1 Å². The Kier molecular flexibility index (Phi) is 5.15. The Morgan fingerprint density at radius 1 is 1.22 bits per heavy atom. The van der Waals surface area contributed by atoms with Gasteiger partial charge in [0.25, 0.3) is 0 Å².